The van der Waals surface area contributed by atoms with Crippen LogP contribution in [0.3, 0.4) is 0 Å². The van der Waals surface area contributed by atoms with Crippen LogP contribution in [0.2, 0.25) is 5.02 Å². The van der Waals surface area contributed by atoms with Crippen LogP contribution in [0.5, 0.6) is 11.5 Å². The van der Waals surface area contributed by atoms with Gasteiger partial charge in [-0.3, -0.25) is 0 Å². The van der Waals surface area contributed by atoms with E-state index in [9.17, 15) is 0 Å². The summed E-state index contributed by atoms with van der Waals surface area (Å²) in [5, 5.41) is 0.609. The molecule has 0 aliphatic carbocycles. The van der Waals surface area contributed by atoms with E-state index in [1.54, 1.807) is 14.2 Å². The zero-order valence-electron chi connectivity index (χ0n) is 10.2. The lowest BCUT2D eigenvalue weighted by atomic mass is 9.99. The fourth-order valence-corrected chi connectivity index (χ4v) is 2.24. The highest BCUT2D eigenvalue weighted by molar-refractivity contribution is 6.33. The smallest absolute Gasteiger partial charge is 0.141 e. The minimum atomic E-state index is 0.571. The Bertz CT molecular complexity index is 391. The van der Waals surface area contributed by atoms with Crippen LogP contribution < -0.4 is 15.2 Å². The molecule has 0 saturated carbocycles. The number of halogens is 1. The van der Waals surface area contributed by atoms with Gasteiger partial charge in [0, 0.05) is 11.1 Å². The van der Waals surface area contributed by atoms with Gasteiger partial charge in [0.25, 0.3) is 0 Å². The Morgan fingerprint density at radius 1 is 1.06 bits per heavy atom. The van der Waals surface area contributed by atoms with E-state index in [-0.39, 0.29) is 0 Å². The Hall–Kier alpha value is -0.930. The van der Waals surface area contributed by atoms with E-state index in [0.717, 1.165) is 28.9 Å². The van der Waals surface area contributed by atoms with Crippen molar-refractivity contribution in [2.75, 3.05) is 20.8 Å². The molecule has 2 N–H and O–H groups in total. The Kier molecular flexibility index (Phi) is 4.44. The van der Waals surface area contributed by atoms with Crippen LogP contribution in [0.15, 0.2) is 0 Å². The lowest BCUT2D eigenvalue weighted by Gasteiger charge is -2.19. The quantitative estimate of drug-likeness (QED) is 0.884. The van der Waals surface area contributed by atoms with E-state index in [1.165, 1.54) is 0 Å². The van der Waals surface area contributed by atoms with Crippen LogP contribution in [-0.2, 0) is 6.42 Å². The molecule has 90 valence electrons. The lowest BCUT2D eigenvalue weighted by Crippen LogP contribution is -2.08. The van der Waals surface area contributed by atoms with Gasteiger partial charge < -0.3 is 15.2 Å². The fraction of sp³-hybridized carbons (Fsp3) is 0.500. The van der Waals surface area contributed by atoms with E-state index < -0.39 is 0 Å². The van der Waals surface area contributed by atoms with Crippen LogP contribution in [0.1, 0.15) is 16.7 Å². The molecule has 0 unspecified atom stereocenters. The first-order valence-electron chi connectivity index (χ1n) is 5.18. The molecule has 0 saturated heterocycles. The third-order valence-corrected chi connectivity index (χ3v) is 3.19. The minimum absolute atomic E-state index is 0.571. The summed E-state index contributed by atoms with van der Waals surface area (Å²) >= 11 is 6.22. The average Bonchev–Trinajstić information content (AvgIpc) is 2.27. The minimum Gasteiger partial charge on any atom is -0.496 e. The molecule has 0 aliphatic rings. The molecule has 3 nitrogen and oxygen atoms in total. The van der Waals surface area contributed by atoms with Crippen LogP contribution in [0.25, 0.3) is 0 Å². The van der Waals surface area contributed by atoms with Crippen molar-refractivity contribution in [2.24, 2.45) is 5.73 Å². The highest BCUT2D eigenvalue weighted by Crippen LogP contribution is 2.41. The lowest BCUT2D eigenvalue weighted by molar-refractivity contribution is 0.393. The van der Waals surface area contributed by atoms with Crippen molar-refractivity contribution < 1.29 is 9.47 Å². The van der Waals surface area contributed by atoms with Gasteiger partial charge in [0.2, 0.25) is 0 Å². The topological polar surface area (TPSA) is 44.5 Å². The first-order valence-corrected chi connectivity index (χ1v) is 5.55. The van der Waals surface area contributed by atoms with Gasteiger partial charge in [0.05, 0.1) is 19.2 Å². The largest absolute Gasteiger partial charge is 0.496 e. The molecule has 0 aromatic heterocycles. The molecule has 4 heteroatoms. The molecule has 1 aromatic carbocycles. The molecule has 0 radical (unpaired) electrons. The number of benzene rings is 1. The van der Waals surface area contributed by atoms with Crippen LogP contribution in [0, 0.1) is 13.8 Å². The second-order valence-electron chi connectivity index (χ2n) is 3.65. The standard InChI is InChI=1S/C12H18ClNO2/c1-7-9(5-6-14)11(15-3)8(2)10(13)12(7)16-4/h5-6,14H2,1-4H3. The van der Waals surface area contributed by atoms with E-state index in [2.05, 4.69) is 0 Å². The van der Waals surface area contributed by atoms with Crippen LogP contribution in [-0.4, -0.2) is 20.8 Å². The Balaban J connectivity index is 3.50. The molecule has 0 bridgehead atoms. The SMILES string of the molecule is COc1c(C)c(CCN)c(OC)c(C)c1Cl. The van der Waals surface area contributed by atoms with E-state index in [0.29, 0.717) is 17.3 Å². The predicted molar refractivity (Wildman–Crippen MR) is 66.8 cm³/mol. The van der Waals surface area contributed by atoms with Crippen LogP contribution >= 0.6 is 11.6 Å². The van der Waals surface area contributed by atoms with Gasteiger partial charge in [-0.2, -0.15) is 0 Å². The molecular formula is C12H18ClNO2. The van der Waals surface area contributed by atoms with Crippen LogP contribution in [0.4, 0.5) is 0 Å². The molecular weight excluding hydrogens is 226 g/mol. The summed E-state index contributed by atoms with van der Waals surface area (Å²) in [5.41, 5.74) is 8.57. The molecule has 0 heterocycles. The van der Waals surface area contributed by atoms with Gasteiger partial charge in [-0.05, 0) is 32.4 Å². The average molecular weight is 244 g/mol. The van der Waals surface area contributed by atoms with Gasteiger partial charge >= 0.3 is 0 Å². The maximum atomic E-state index is 6.22. The maximum absolute atomic E-state index is 6.22. The number of hydrogen-bond acceptors (Lipinski definition) is 3. The molecule has 0 amide bonds. The second kappa shape index (κ2) is 5.41. The molecule has 16 heavy (non-hydrogen) atoms. The number of ether oxygens (including phenoxy) is 2. The molecule has 0 spiro atoms. The predicted octanol–water partition coefficient (Wildman–Crippen LogP) is 2.48. The van der Waals surface area contributed by atoms with Gasteiger partial charge in [0.1, 0.15) is 11.5 Å². The summed E-state index contributed by atoms with van der Waals surface area (Å²) in [6.07, 6.45) is 0.753. The van der Waals surface area contributed by atoms with E-state index in [1.807, 2.05) is 13.8 Å². The van der Waals surface area contributed by atoms with Gasteiger partial charge in [0.15, 0.2) is 0 Å². The highest BCUT2D eigenvalue weighted by Gasteiger charge is 2.19. The van der Waals surface area contributed by atoms with E-state index in [4.69, 9.17) is 26.8 Å². The molecule has 1 rings (SSSR count). The summed E-state index contributed by atoms with van der Waals surface area (Å²) in [7, 11) is 3.26. The maximum Gasteiger partial charge on any atom is 0.141 e. The monoisotopic (exact) mass is 243 g/mol. The van der Waals surface area contributed by atoms with Gasteiger partial charge in [-0.15, -0.1) is 0 Å². The van der Waals surface area contributed by atoms with Crippen molar-refractivity contribution in [1.82, 2.24) is 0 Å². The Morgan fingerprint density at radius 2 is 1.62 bits per heavy atom. The zero-order valence-corrected chi connectivity index (χ0v) is 10.9. The zero-order chi connectivity index (χ0) is 12.3. The third kappa shape index (κ3) is 2.11. The first kappa shape index (κ1) is 13.1. The van der Waals surface area contributed by atoms with Crippen molar-refractivity contribution in [3.8, 4) is 11.5 Å². The Morgan fingerprint density at radius 3 is 2.06 bits per heavy atom. The fourth-order valence-electron chi connectivity index (χ4n) is 1.93. The molecule has 0 atom stereocenters. The normalized spacial score (nSPS) is 10.4. The summed E-state index contributed by atoms with van der Waals surface area (Å²) < 4.78 is 10.7. The summed E-state index contributed by atoms with van der Waals surface area (Å²) in [6.45, 7) is 4.46. The second-order valence-corrected chi connectivity index (χ2v) is 4.03. The molecule has 0 aliphatic heterocycles. The van der Waals surface area contributed by atoms with Gasteiger partial charge in [-0.1, -0.05) is 11.6 Å². The third-order valence-electron chi connectivity index (χ3n) is 2.74. The van der Waals surface area contributed by atoms with Crippen molar-refractivity contribution in [2.45, 2.75) is 20.3 Å². The molecule has 0 fully saturated rings. The highest BCUT2D eigenvalue weighted by atomic mass is 35.5. The van der Waals surface area contributed by atoms with E-state index >= 15 is 0 Å². The van der Waals surface area contributed by atoms with Crippen molar-refractivity contribution in [3.63, 3.8) is 0 Å². The molecule has 1 aromatic rings. The Labute approximate surface area is 101 Å². The van der Waals surface area contributed by atoms with Gasteiger partial charge in [-0.25, -0.2) is 0 Å². The summed E-state index contributed by atoms with van der Waals surface area (Å²) in [6, 6.07) is 0. The number of nitrogens with two attached hydrogens (primary N) is 1. The van der Waals surface area contributed by atoms with Crippen molar-refractivity contribution in [1.29, 1.82) is 0 Å². The number of rotatable bonds is 4. The number of hydrogen-bond donors (Lipinski definition) is 1. The first-order chi connectivity index (χ1) is 7.58. The summed E-state index contributed by atoms with van der Waals surface area (Å²) in [4.78, 5) is 0. The summed E-state index contributed by atoms with van der Waals surface area (Å²) in [5.74, 6) is 1.53. The van der Waals surface area contributed by atoms with Crippen molar-refractivity contribution in [3.05, 3.63) is 21.7 Å². The van der Waals surface area contributed by atoms with Crippen molar-refractivity contribution >= 4 is 11.6 Å². The number of methoxy groups -OCH3 is 2.